The maximum atomic E-state index is 12.8. The first-order valence-corrected chi connectivity index (χ1v) is 10.4. The monoisotopic (exact) mass is 428 g/mol. The molecule has 0 aliphatic carbocycles. The van der Waals surface area contributed by atoms with Crippen molar-refractivity contribution in [2.24, 2.45) is 0 Å². The highest BCUT2D eigenvalue weighted by Gasteiger charge is 2.46. The largest absolute Gasteiger partial charge is 0.444 e. The smallest absolute Gasteiger partial charge is 0.410 e. The first-order chi connectivity index (χ1) is 13.5. The molecule has 0 N–H and O–H groups in total. The van der Waals surface area contributed by atoms with Crippen LogP contribution in [0.5, 0.6) is 0 Å². The number of anilines is 1. The summed E-state index contributed by atoms with van der Waals surface area (Å²) in [6, 6.07) is 1.64. The number of ether oxygens (including phenoxy) is 1. The Morgan fingerprint density at radius 1 is 1.21 bits per heavy atom. The third kappa shape index (κ3) is 4.12. The number of fused-ring (bicyclic) bond motifs is 2. The molecule has 0 saturated carbocycles. The van der Waals surface area contributed by atoms with Crippen LogP contribution in [0, 0.1) is 0 Å². The SMILES string of the molecule is CC(C)(C)OC(=O)N1CCC2C1CCN2c1ncnc2sc(CC(F)(F)F)cc12. The van der Waals surface area contributed by atoms with Crippen LogP contribution < -0.4 is 4.90 Å². The molecule has 6 nitrogen and oxygen atoms in total. The molecule has 2 unspecified atom stereocenters. The maximum Gasteiger partial charge on any atom is 0.410 e. The van der Waals surface area contributed by atoms with Gasteiger partial charge in [0.2, 0.25) is 0 Å². The lowest BCUT2D eigenvalue weighted by Crippen LogP contribution is -2.42. The number of hydrogen-bond acceptors (Lipinski definition) is 6. The van der Waals surface area contributed by atoms with E-state index in [0.717, 1.165) is 24.2 Å². The fraction of sp³-hybridized carbons (Fsp3) is 0.632. The summed E-state index contributed by atoms with van der Waals surface area (Å²) >= 11 is 1.05. The van der Waals surface area contributed by atoms with Crippen molar-refractivity contribution in [1.29, 1.82) is 0 Å². The fourth-order valence-electron chi connectivity index (χ4n) is 4.20. The third-order valence-corrected chi connectivity index (χ3v) is 6.25. The van der Waals surface area contributed by atoms with E-state index in [9.17, 15) is 18.0 Å². The second-order valence-electron chi connectivity index (χ2n) is 8.50. The van der Waals surface area contributed by atoms with Crippen molar-refractivity contribution >= 4 is 33.5 Å². The van der Waals surface area contributed by atoms with Crippen molar-refractivity contribution < 1.29 is 22.7 Å². The molecule has 29 heavy (non-hydrogen) atoms. The highest BCUT2D eigenvalue weighted by atomic mass is 32.1. The van der Waals surface area contributed by atoms with E-state index in [1.54, 1.807) is 11.0 Å². The van der Waals surface area contributed by atoms with E-state index in [1.165, 1.54) is 6.33 Å². The molecule has 2 fully saturated rings. The van der Waals surface area contributed by atoms with Gasteiger partial charge in [0.15, 0.2) is 0 Å². The number of likely N-dealkylation sites (tertiary alicyclic amines) is 1. The predicted molar refractivity (Wildman–Crippen MR) is 104 cm³/mol. The van der Waals surface area contributed by atoms with E-state index >= 15 is 0 Å². The van der Waals surface area contributed by atoms with Crippen molar-refractivity contribution in [2.45, 2.75) is 63.9 Å². The molecule has 0 spiro atoms. The molecule has 158 valence electrons. The molecule has 1 amide bonds. The number of hydrogen-bond donors (Lipinski definition) is 0. The Hall–Kier alpha value is -2.10. The zero-order chi connectivity index (χ0) is 21.0. The molecule has 2 saturated heterocycles. The number of carbonyl (C=O) groups excluding carboxylic acids is 1. The van der Waals surface area contributed by atoms with E-state index in [2.05, 4.69) is 14.9 Å². The van der Waals surface area contributed by atoms with Crippen LogP contribution in [0.25, 0.3) is 10.2 Å². The Morgan fingerprint density at radius 2 is 1.93 bits per heavy atom. The minimum absolute atomic E-state index is 0.0168. The molecule has 2 aromatic heterocycles. The molecular formula is C19H23F3N4O2S. The Morgan fingerprint density at radius 3 is 2.62 bits per heavy atom. The summed E-state index contributed by atoms with van der Waals surface area (Å²) in [6.07, 6.45) is -2.59. The van der Waals surface area contributed by atoms with Crippen LogP contribution in [0.1, 0.15) is 38.5 Å². The van der Waals surface area contributed by atoms with Gasteiger partial charge >= 0.3 is 12.3 Å². The van der Waals surface area contributed by atoms with Crippen LogP contribution >= 0.6 is 11.3 Å². The maximum absolute atomic E-state index is 12.8. The van der Waals surface area contributed by atoms with Crippen LogP contribution in [-0.2, 0) is 11.2 Å². The van der Waals surface area contributed by atoms with Crippen molar-refractivity contribution in [3.63, 3.8) is 0 Å². The van der Waals surface area contributed by atoms with Crippen LogP contribution in [0.3, 0.4) is 0 Å². The Bertz CT molecular complexity index is 924. The molecule has 2 atom stereocenters. The first kappa shape index (κ1) is 20.2. The Labute approximate surface area is 170 Å². The molecular weight excluding hydrogens is 405 g/mol. The van der Waals surface area contributed by atoms with E-state index in [4.69, 9.17) is 4.74 Å². The average Bonchev–Trinajstić information content (AvgIpc) is 3.24. The van der Waals surface area contributed by atoms with Gasteiger partial charge < -0.3 is 14.5 Å². The summed E-state index contributed by atoms with van der Waals surface area (Å²) in [7, 11) is 0. The molecule has 2 aromatic rings. The number of thiophene rings is 1. The molecule has 10 heteroatoms. The first-order valence-electron chi connectivity index (χ1n) is 9.58. The van der Waals surface area contributed by atoms with E-state index in [1.807, 2.05) is 20.8 Å². The summed E-state index contributed by atoms with van der Waals surface area (Å²) in [6.45, 7) is 6.80. The van der Waals surface area contributed by atoms with Crippen molar-refractivity contribution in [3.05, 3.63) is 17.3 Å². The van der Waals surface area contributed by atoms with Crippen LogP contribution in [0.2, 0.25) is 0 Å². The number of halogens is 3. The number of aromatic nitrogens is 2. The lowest BCUT2D eigenvalue weighted by molar-refractivity contribution is -0.126. The van der Waals surface area contributed by atoms with Crippen LogP contribution in [0.4, 0.5) is 23.8 Å². The lowest BCUT2D eigenvalue weighted by Gasteiger charge is -2.28. The molecule has 2 aliphatic heterocycles. The number of amides is 1. The average molecular weight is 428 g/mol. The van der Waals surface area contributed by atoms with Gasteiger partial charge in [0.1, 0.15) is 22.6 Å². The van der Waals surface area contributed by atoms with Gasteiger partial charge in [0.05, 0.1) is 23.9 Å². The summed E-state index contributed by atoms with van der Waals surface area (Å²) < 4.78 is 43.9. The van der Waals surface area contributed by atoms with Gasteiger partial charge in [-0.15, -0.1) is 11.3 Å². The third-order valence-electron chi connectivity index (χ3n) is 5.21. The van der Waals surface area contributed by atoms with Crippen LogP contribution in [0.15, 0.2) is 12.4 Å². The van der Waals surface area contributed by atoms with Crippen molar-refractivity contribution in [1.82, 2.24) is 14.9 Å². The van der Waals surface area contributed by atoms with Crippen molar-refractivity contribution in [2.75, 3.05) is 18.0 Å². The summed E-state index contributed by atoms with van der Waals surface area (Å²) in [5.74, 6) is 0.651. The van der Waals surface area contributed by atoms with Gasteiger partial charge in [-0.1, -0.05) is 0 Å². The minimum atomic E-state index is -4.26. The van der Waals surface area contributed by atoms with E-state index in [-0.39, 0.29) is 23.1 Å². The number of carbonyl (C=O) groups is 1. The van der Waals surface area contributed by atoms with Gasteiger partial charge in [-0.25, -0.2) is 14.8 Å². The zero-order valence-corrected chi connectivity index (χ0v) is 17.3. The van der Waals surface area contributed by atoms with Gasteiger partial charge in [0, 0.05) is 18.0 Å². The van der Waals surface area contributed by atoms with E-state index in [0.29, 0.717) is 29.1 Å². The quantitative estimate of drug-likeness (QED) is 0.710. The number of rotatable bonds is 2. The minimum Gasteiger partial charge on any atom is -0.444 e. The lowest BCUT2D eigenvalue weighted by atomic mass is 10.1. The predicted octanol–water partition coefficient (Wildman–Crippen LogP) is 4.38. The highest BCUT2D eigenvalue weighted by molar-refractivity contribution is 7.18. The number of alkyl halides is 3. The zero-order valence-electron chi connectivity index (χ0n) is 16.5. The van der Waals surface area contributed by atoms with Gasteiger partial charge in [0.25, 0.3) is 0 Å². The molecule has 4 heterocycles. The summed E-state index contributed by atoms with van der Waals surface area (Å²) in [5.41, 5.74) is -0.558. The summed E-state index contributed by atoms with van der Waals surface area (Å²) in [4.78, 5) is 25.8. The van der Waals surface area contributed by atoms with Gasteiger partial charge in [-0.2, -0.15) is 13.2 Å². The second-order valence-corrected chi connectivity index (χ2v) is 9.62. The standard InChI is InChI=1S/C19H23F3N4O2S/c1-18(2,3)28-17(27)26-7-5-13-14(26)4-6-25(13)15-12-8-11(9-19(20,21)22)29-16(12)24-10-23-15/h8,10,13-14H,4-7,9H2,1-3H3. The summed E-state index contributed by atoms with van der Waals surface area (Å²) in [5, 5.41) is 0.646. The Kier molecular flexibility index (Phi) is 4.87. The van der Waals surface area contributed by atoms with E-state index < -0.39 is 18.2 Å². The topological polar surface area (TPSA) is 58.6 Å². The van der Waals surface area contributed by atoms with Crippen molar-refractivity contribution in [3.8, 4) is 0 Å². The normalized spacial score (nSPS) is 22.4. The molecule has 4 rings (SSSR count). The fourth-order valence-corrected chi connectivity index (χ4v) is 5.22. The molecule has 2 aliphatic rings. The second kappa shape index (κ2) is 7.00. The van der Waals surface area contributed by atoms with Crippen LogP contribution in [-0.4, -0.2) is 57.9 Å². The highest BCUT2D eigenvalue weighted by Crippen LogP contribution is 2.39. The molecule has 0 bridgehead atoms. The van der Waals surface area contributed by atoms with Gasteiger partial charge in [-0.05, 0) is 39.7 Å². The molecule has 0 radical (unpaired) electrons. The molecule has 0 aromatic carbocycles. The Balaban J connectivity index is 1.57. The van der Waals surface area contributed by atoms with Gasteiger partial charge in [-0.3, -0.25) is 0 Å². The number of nitrogens with zero attached hydrogens (tertiary/aromatic N) is 4.